The summed E-state index contributed by atoms with van der Waals surface area (Å²) in [5.41, 5.74) is 9.04. The van der Waals surface area contributed by atoms with Crippen LogP contribution in [0, 0.1) is 0 Å². The van der Waals surface area contributed by atoms with Crippen LogP contribution in [0.5, 0.6) is 0 Å². The number of aromatic nitrogens is 1. The van der Waals surface area contributed by atoms with E-state index in [2.05, 4.69) is 10.3 Å². The smallest absolute Gasteiger partial charge is 0.250 e. The summed E-state index contributed by atoms with van der Waals surface area (Å²) < 4.78 is 0. The SMILES string of the molecule is Nc1ccc(-c2csc(NC(=O)/C=C/c3ccc(Cl)cc3)n2)cc1. The van der Waals surface area contributed by atoms with Crippen LogP contribution in [0.15, 0.2) is 60.0 Å². The molecule has 0 spiro atoms. The van der Waals surface area contributed by atoms with E-state index >= 15 is 0 Å². The number of anilines is 2. The number of rotatable bonds is 4. The van der Waals surface area contributed by atoms with Gasteiger partial charge in [0, 0.05) is 27.7 Å². The van der Waals surface area contributed by atoms with Crippen molar-refractivity contribution in [1.82, 2.24) is 4.98 Å². The zero-order valence-corrected chi connectivity index (χ0v) is 14.1. The summed E-state index contributed by atoms with van der Waals surface area (Å²) in [5, 5.41) is 5.86. The second-order valence-electron chi connectivity index (χ2n) is 5.03. The van der Waals surface area contributed by atoms with Gasteiger partial charge in [-0.25, -0.2) is 4.98 Å². The molecule has 0 aliphatic rings. The summed E-state index contributed by atoms with van der Waals surface area (Å²) in [4.78, 5) is 16.4. The van der Waals surface area contributed by atoms with Crippen molar-refractivity contribution in [3.63, 3.8) is 0 Å². The van der Waals surface area contributed by atoms with E-state index in [0.717, 1.165) is 16.8 Å². The summed E-state index contributed by atoms with van der Waals surface area (Å²) in [6.45, 7) is 0. The second kappa shape index (κ2) is 7.29. The predicted molar refractivity (Wildman–Crippen MR) is 101 cm³/mol. The minimum atomic E-state index is -0.233. The number of carbonyl (C=O) groups excluding carboxylic acids is 1. The maximum absolute atomic E-state index is 12.0. The van der Waals surface area contributed by atoms with E-state index in [-0.39, 0.29) is 5.91 Å². The first-order valence-electron chi connectivity index (χ1n) is 7.16. The van der Waals surface area contributed by atoms with Gasteiger partial charge in [0.05, 0.1) is 5.69 Å². The fourth-order valence-corrected chi connectivity index (χ4v) is 2.86. The lowest BCUT2D eigenvalue weighted by Crippen LogP contribution is -2.07. The van der Waals surface area contributed by atoms with Crippen molar-refractivity contribution < 1.29 is 4.79 Å². The normalized spacial score (nSPS) is 10.9. The number of nitrogens with two attached hydrogens (primary N) is 1. The molecule has 0 atom stereocenters. The Kier molecular flexibility index (Phi) is 4.93. The van der Waals surface area contributed by atoms with Gasteiger partial charge in [0.25, 0.3) is 0 Å². The van der Waals surface area contributed by atoms with Crippen LogP contribution in [0.1, 0.15) is 5.56 Å². The highest BCUT2D eigenvalue weighted by Crippen LogP contribution is 2.25. The van der Waals surface area contributed by atoms with Crippen molar-refractivity contribution in [2.24, 2.45) is 0 Å². The van der Waals surface area contributed by atoms with Crippen LogP contribution in [0.2, 0.25) is 5.02 Å². The quantitative estimate of drug-likeness (QED) is 0.526. The van der Waals surface area contributed by atoms with Gasteiger partial charge < -0.3 is 5.73 Å². The van der Waals surface area contributed by atoms with Crippen LogP contribution in [0.3, 0.4) is 0 Å². The van der Waals surface area contributed by atoms with Gasteiger partial charge in [0.1, 0.15) is 0 Å². The minimum absolute atomic E-state index is 0.233. The number of nitrogen functional groups attached to an aromatic ring is 1. The Balaban J connectivity index is 1.64. The van der Waals surface area contributed by atoms with Gasteiger partial charge in [-0.3, -0.25) is 10.1 Å². The molecular weight excluding hydrogens is 342 g/mol. The molecule has 1 amide bonds. The number of carbonyl (C=O) groups is 1. The number of amides is 1. The third kappa shape index (κ3) is 4.22. The molecule has 24 heavy (non-hydrogen) atoms. The van der Waals surface area contributed by atoms with E-state index in [1.807, 2.05) is 41.8 Å². The Labute approximate surface area is 148 Å². The molecule has 0 aliphatic carbocycles. The third-order valence-electron chi connectivity index (χ3n) is 3.24. The van der Waals surface area contributed by atoms with Crippen LogP contribution in [-0.2, 0) is 4.79 Å². The number of halogens is 1. The molecule has 0 radical (unpaired) electrons. The second-order valence-corrected chi connectivity index (χ2v) is 6.33. The molecule has 3 aromatic rings. The van der Waals surface area contributed by atoms with Gasteiger partial charge in [-0.2, -0.15) is 0 Å². The molecule has 0 bridgehead atoms. The molecule has 2 aromatic carbocycles. The predicted octanol–water partition coefficient (Wildman–Crippen LogP) is 4.70. The molecule has 0 unspecified atom stereocenters. The van der Waals surface area contributed by atoms with Gasteiger partial charge in [-0.05, 0) is 35.9 Å². The van der Waals surface area contributed by atoms with E-state index in [4.69, 9.17) is 17.3 Å². The van der Waals surface area contributed by atoms with Gasteiger partial charge in [0.15, 0.2) is 5.13 Å². The van der Waals surface area contributed by atoms with Crippen LogP contribution in [0.25, 0.3) is 17.3 Å². The van der Waals surface area contributed by atoms with Crippen LogP contribution < -0.4 is 11.1 Å². The zero-order chi connectivity index (χ0) is 16.9. The molecule has 3 rings (SSSR count). The monoisotopic (exact) mass is 355 g/mol. The average molecular weight is 356 g/mol. The molecule has 6 heteroatoms. The summed E-state index contributed by atoms with van der Waals surface area (Å²) in [7, 11) is 0. The van der Waals surface area contributed by atoms with Crippen molar-refractivity contribution in [2.45, 2.75) is 0 Å². The van der Waals surface area contributed by atoms with Crippen molar-refractivity contribution >= 4 is 45.7 Å². The largest absolute Gasteiger partial charge is 0.399 e. The van der Waals surface area contributed by atoms with E-state index in [1.54, 1.807) is 18.2 Å². The molecule has 0 aliphatic heterocycles. The standard InChI is InChI=1S/C18H14ClN3OS/c19-14-6-1-12(2-7-14)3-10-17(23)22-18-21-16(11-24-18)13-4-8-15(20)9-5-13/h1-11H,20H2,(H,21,22,23)/b10-3+. The van der Waals surface area contributed by atoms with Crippen molar-refractivity contribution in [3.05, 3.63) is 70.6 Å². The highest BCUT2D eigenvalue weighted by molar-refractivity contribution is 7.14. The molecule has 0 saturated carbocycles. The Bertz CT molecular complexity index is 870. The molecule has 120 valence electrons. The lowest BCUT2D eigenvalue weighted by molar-refractivity contribution is -0.111. The molecule has 3 N–H and O–H groups in total. The Morgan fingerprint density at radius 2 is 1.83 bits per heavy atom. The average Bonchev–Trinajstić information content (AvgIpc) is 3.03. The molecule has 0 fully saturated rings. The van der Waals surface area contributed by atoms with Gasteiger partial charge >= 0.3 is 0 Å². The van der Waals surface area contributed by atoms with Crippen molar-refractivity contribution in [1.29, 1.82) is 0 Å². The highest BCUT2D eigenvalue weighted by Gasteiger charge is 2.06. The maximum atomic E-state index is 12.0. The van der Waals surface area contributed by atoms with Gasteiger partial charge in [0.2, 0.25) is 5.91 Å². The highest BCUT2D eigenvalue weighted by atomic mass is 35.5. The molecule has 1 heterocycles. The van der Waals surface area contributed by atoms with Gasteiger partial charge in [-0.15, -0.1) is 11.3 Å². The topological polar surface area (TPSA) is 68.0 Å². The fourth-order valence-electron chi connectivity index (χ4n) is 2.01. The molecule has 4 nitrogen and oxygen atoms in total. The Morgan fingerprint density at radius 3 is 2.54 bits per heavy atom. The fraction of sp³-hybridized carbons (Fsp3) is 0. The Hall–Kier alpha value is -2.63. The zero-order valence-electron chi connectivity index (χ0n) is 12.6. The minimum Gasteiger partial charge on any atom is -0.399 e. The first kappa shape index (κ1) is 16.2. The maximum Gasteiger partial charge on any atom is 0.250 e. The summed E-state index contributed by atoms with van der Waals surface area (Å²) in [5.74, 6) is -0.233. The number of nitrogens with zero attached hydrogens (tertiary/aromatic N) is 1. The van der Waals surface area contributed by atoms with E-state index in [1.165, 1.54) is 17.4 Å². The first-order chi connectivity index (χ1) is 11.6. The van der Waals surface area contributed by atoms with E-state index in [9.17, 15) is 4.79 Å². The van der Waals surface area contributed by atoms with Crippen LogP contribution in [0.4, 0.5) is 10.8 Å². The number of hydrogen-bond donors (Lipinski definition) is 2. The third-order valence-corrected chi connectivity index (χ3v) is 4.25. The lowest BCUT2D eigenvalue weighted by atomic mass is 10.1. The Morgan fingerprint density at radius 1 is 1.12 bits per heavy atom. The summed E-state index contributed by atoms with van der Waals surface area (Å²) in [6, 6.07) is 14.7. The van der Waals surface area contributed by atoms with Crippen molar-refractivity contribution in [3.8, 4) is 11.3 Å². The lowest BCUT2D eigenvalue weighted by Gasteiger charge is -1.98. The number of hydrogen-bond acceptors (Lipinski definition) is 4. The van der Waals surface area contributed by atoms with Crippen LogP contribution >= 0.6 is 22.9 Å². The summed E-state index contributed by atoms with van der Waals surface area (Å²) >= 11 is 7.20. The van der Waals surface area contributed by atoms with Gasteiger partial charge in [-0.1, -0.05) is 35.9 Å². The number of thiazole rings is 1. The number of nitrogens with one attached hydrogen (secondary N) is 1. The first-order valence-corrected chi connectivity index (χ1v) is 8.42. The number of benzene rings is 2. The van der Waals surface area contributed by atoms with E-state index in [0.29, 0.717) is 15.8 Å². The van der Waals surface area contributed by atoms with Crippen LogP contribution in [-0.4, -0.2) is 10.9 Å². The molecule has 0 saturated heterocycles. The van der Waals surface area contributed by atoms with Crippen molar-refractivity contribution in [2.75, 3.05) is 11.1 Å². The summed E-state index contributed by atoms with van der Waals surface area (Å²) in [6.07, 6.45) is 3.19. The molecular formula is C18H14ClN3OS. The van der Waals surface area contributed by atoms with E-state index < -0.39 is 0 Å². The molecule has 1 aromatic heterocycles.